The Kier molecular flexibility index (Phi) is 8.01. The van der Waals surface area contributed by atoms with Gasteiger partial charge < -0.3 is 16.0 Å². The van der Waals surface area contributed by atoms with E-state index < -0.39 is 0 Å². The molecule has 0 radical (unpaired) electrons. The summed E-state index contributed by atoms with van der Waals surface area (Å²) < 4.78 is 0. The van der Waals surface area contributed by atoms with Crippen molar-refractivity contribution in [3.05, 3.63) is 34.9 Å². The summed E-state index contributed by atoms with van der Waals surface area (Å²) in [6.45, 7) is 4.94. The van der Waals surface area contributed by atoms with Crippen LogP contribution in [0.25, 0.3) is 0 Å². The molecule has 1 aromatic rings. The van der Waals surface area contributed by atoms with Gasteiger partial charge in [0.25, 0.3) is 0 Å². The molecule has 1 amide bonds. The molecule has 0 aliphatic heterocycles. The first-order valence-electron chi connectivity index (χ1n) is 9.19. The molecule has 2 aliphatic carbocycles. The first-order valence-corrected chi connectivity index (χ1v) is 9.57. The number of carbonyl (C=O) groups is 1. The monoisotopic (exact) mass is 490 g/mol. The van der Waals surface area contributed by atoms with Crippen LogP contribution in [0.1, 0.15) is 38.2 Å². The van der Waals surface area contributed by atoms with Crippen LogP contribution in [-0.4, -0.2) is 38.0 Å². The number of hydrogen-bond acceptors (Lipinski definition) is 2. The van der Waals surface area contributed by atoms with E-state index in [1.807, 2.05) is 12.1 Å². The fraction of sp³-hybridized carbons (Fsp3) is 0.579. The summed E-state index contributed by atoms with van der Waals surface area (Å²) in [5.41, 5.74) is 1.47. The minimum absolute atomic E-state index is 0. The summed E-state index contributed by atoms with van der Waals surface area (Å²) in [6, 6.07) is 8.12. The third-order valence-electron chi connectivity index (χ3n) is 4.86. The molecule has 3 rings (SSSR count). The zero-order valence-electron chi connectivity index (χ0n) is 15.2. The molecular weight excluding hydrogens is 463 g/mol. The maximum atomic E-state index is 11.6. The van der Waals surface area contributed by atoms with E-state index in [1.54, 1.807) is 0 Å². The van der Waals surface area contributed by atoms with E-state index in [1.165, 1.54) is 5.56 Å². The van der Waals surface area contributed by atoms with Gasteiger partial charge in [0.1, 0.15) is 0 Å². The molecule has 2 fully saturated rings. The van der Waals surface area contributed by atoms with Crippen molar-refractivity contribution in [2.24, 2.45) is 10.9 Å². The number of halogens is 2. The lowest BCUT2D eigenvalue weighted by atomic mass is 9.96. The molecule has 0 saturated heterocycles. The molecule has 0 heterocycles. The number of carbonyl (C=O) groups excluding carboxylic acids is 1. The lowest BCUT2D eigenvalue weighted by molar-refractivity contribution is -0.122. The van der Waals surface area contributed by atoms with E-state index in [0.717, 1.165) is 49.8 Å². The fourth-order valence-electron chi connectivity index (χ4n) is 2.92. The van der Waals surface area contributed by atoms with Gasteiger partial charge in [-0.15, -0.1) is 24.0 Å². The normalized spacial score (nSPS) is 17.8. The van der Waals surface area contributed by atoms with Crippen molar-refractivity contribution < 1.29 is 4.79 Å². The third kappa shape index (κ3) is 6.01. The summed E-state index contributed by atoms with van der Waals surface area (Å²) in [4.78, 5) is 16.4. The number of hydrogen-bond donors (Lipinski definition) is 3. The second-order valence-corrected chi connectivity index (χ2v) is 7.41. The SMILES string of the molecule is CCNC(=NCC1(c2ccc(Cl)cc2)CC1)NCCNC(=O)C1CC1.I. The molecule has 144 valence electrons. The number of benzene rings is 1. The van der Waals surface area contributed by atoms with Gasteiger partial charge in [-0.2, -0.15) is 0 Å². The quantitative estimate of drug-likeness (QED) is 0.227. The van der Waals surface area contributed by atoms with E-state index in [4.69, 9.17) is 16.6 Å². The molecule has 0 unspecified atom stereocenters. The van der Waals surface area contributed by atoms with Gasteiger partial charge in [0.05, 0.1) is 6.54 Å². The maximum absolute atomic E-state index is 11.6. The summed E-state index contributed by atoms with van der Waals surface area (Å²) in [7, 11) is 0. The summed E-state index contributed by atoms with van der Waals surface area (Å²) >= 11 is 5.99. The smallest absolute Gasteiger partial charge is 0.223 e. The van der Waals surface area contributed by atoms with E-state index >= 15 is 0 Å². The first-order chi connectivity index (χ1) is 12.1. The lowest BCUT2D eigenvalue weighted by Crippen LogP contribution is -2.42. The molecule has 2 saturated carbocycles. The Bertz CT molecular complexity index is 627. The van der Waals surface area contributed by atoms with Crippen molar-refractivity contribution in [1.82, 2.24) is 16.0 Å². The van der Waals surface area contributed by atoms with Gasteiger partial charge in [0.2, 0.25) is 5.91 Å². The lowest BCUT2D eigenvalue weighted by Gasteiger charge is -2.16. The van der Waals surface area contributed by atoms with Gasteiger partial charge in [0.15, 0.2) is 5.96 Å². The maximum Gasteiger partial charge on any atom is 0.223 e. The summed E-state index contributed by atoms with van der Waals surface area (Å²) in [5.74, 6) is 1.25. The molecule has 7 heteroatoms. The fourth-order valence-corrected chi connectivity index (χ4v) is 3.05. The van der Waals surface area contributed by atoms with Crippen molar-refractivity contribution >= 4 is 47.4 Å². The van der Waals surface area contributed by atoms with Crippen molar-refractivity contribution in [1.29, 1.82) is 0 Å². The number of nitrogens with zero attached hydrogens (tertiary/aromatic N) is 1. The molecule has 5 nitrogen and oxygen atoms in total. The van der Waals surface area contributed by atoms with Crippen LogP contribution in [0.4, 0.5) is 0 Å². The van der Waals surface area contributed by atoms with E-state index in [9.17, 15) is 4.79 Å². The van der Waals surface area contributed by atoms with E-state index in [2.05, 4.69) is 35.0 Å². The molecule has 0 aromatic heterocycles. The van der Waals surface area contributed by atoms with Crippen LogP contribution in [0.2, 0.25) is 5.02 Å². The zero-order chi connectivity index (χ0) is 17.7. The molecule has 0 bridgehead atoms. The Labute approximate surface area is 177 Å². The third-order valence-corrected chi connectivity index (χ3v) is 5.11. The Hall–Kier alpha value is -1.02. The molecular formula is C19H28ClIN4O. The highest BCUT2D eigenvalue weighted by Crippen LogP contribution is 2.48. The van der Waals surface area contributed by atoms with E-state index in [0.29, 0.717) is 13.1 Å². The van der Waals surface area contributed by atoms with Crippen LogP contribution in [0.15, 0.2) is 29.3 Å². The molecule has 1 aromatic carbocycles. The molecule has 2 aliphatic rings. The van der Waals surface area contributed by atoms with Crippen LogP contribution in [0.3, 0.4) is 0 Å². The van der Waals surface area contributed by atoms with Crippen LogP contribution < -0.4 is 16.0 Å². The second kappa shape index (κ2) is 9.78. The van der Waals surface area contributed by atoms with Gasteiger partial charge in [-0.1, -0.05) is 23.7 Å². The van der Waals surface area contributed by atoms with Gasteiger partial charge in [-0.25, -0.2) is 0 Å². The van der Waals surface area contributed by atoms with Gasteiger partial charge in [0, 0.05) is 36.0 Å². The van der Waals surface area contributed by atoms with Crippen LogP contribution in [0.5, 0.6) is 0 Å². The van der Waals surface area contributed by atoms with Crippen molar-refractivity contribution in [3.8, 4) is 0 Å². The van der Waals surface area contributed by atoms with Gasteiger partial charge >= 0.3 is 0 Å². The molecule has 26 heavy (non-hydrogen) atoms. The minimum Gasteiger partial charge on any atom is -0.357 e. The first kappa shape index (κ1) is 21.3. The van der Waals surface area contributed by atoms with Gasteiger partial charge in [-0.3, -0.25) is 9.79 Å². The number of amides is 1. The van der Waals surface area contributed by atoms with Crippen LogP contribution >= 0.6 is 35.6 Å². The van der Waals surface area contributed by atoms with E-state index in [-0.39, 0.29) is 41.2 Å². The minimum atomic E-state index is 0. The average molecular weight is 491 g/mol. The summed E-state index contributed by atoms with van der Waals surface area (Å²) in [6.07, 6.45) is 4.40. The molecule has 0 spiro atoms. The average Bonchev–Trinajstić information content (AvgIpc) is 3.50. The predicted molar refractivity (Wildman–Crippen MR) is 117 cm³/mol. The topological polar surface area (TPSA) is 65.5 Å². The largest absolute Gasteiger partial charge is 0.357 e. The predicted octanol–water partition coefficient (Wildman–Crippen LogP) is 3.07. The highest BCUT2D eigenvalue weighted by atomic mass is 127. The summed E-state index contributed by atoms with van der Waals surface area (Å²) in [5, 5.41) is 10.3. The zero-order valence-corrected chi connectivity index (χ0v) is 18.3. The van der Waals surface area contributed by atoms with Crippen molar-refractivity contribution in [3.63, 3.8) is 0 Å². The second-order valence-electron chi connectivity index (χ2n) is 6.97. The van der Waals surface area contributed by atoms with Crippen LogP contribution in [0, 0.1) is 5.92 Å². The number of guanidine groups is 1. The number of rotatable bonds is 8. The van der Waals surface area contributed by atoms with Gasteiger partial charge in [-0.05, 0) is 50.3 Å². The Balaban J connectivity index is 0.00000243. The Morgan fingerprint density at radius 1 is 1.15 bits per heavy atom. The van der Waals surface area contributed by atoms with Crippen molar-refractivity contribution in [2.45, 2.75) is 38.0 Å². The number of nitrogens with one attached hydrogen (secondary N) is 3. The number of aliphatic imine (C=N–C) groups is 1. The Morgan fingerprint density at radius 3 is 2.38 bits per heavy atom. The van der Waals surface area contributed by atoms with Crippen molar-refractivity contribution in [2.75, 3.05) is 26.2 Å². The molecule has 0 atom stereocenters. The Morgan fingerprint density at radius 2 is 1.81 bits per heavy atom. The highest BCUT2D eigenvalue weighted by molar-refractivity contribution is 14.0. The standard InChI is InChI=1S/C19H27ClN4O.HI/c1-2-21-18(23-12-11-22-17(25)14-3-4-14)24-13-19(9-10-19)15-5-7-16(20)8-6-15;/h5-8,14H,2-4,9-13H2,1H3,(H,22,25)(H2,21,23,24);1H. The molecule has 3 N–H and O–H groups in total. The van der Waals surface area contributed by atoms with Crippen LogP contribution in [-0.2, 0) is 10.2 Å². The highest BCUT2D eigenvalue weighted by Gasteiger charge is 2.44.